The van der Waals surface area contributed by atoms with Crippen LogP contribution in [0.2, 0.25) is 0 Å². The Hall–Kier alpha value is -2.66. The van der Waals surface area contributed by atoms with Crippen molar-refractivity contribution in [2.75, 3.05) is 6.26 Å². The highest BCUT2D eigenvalue weighted by Crippen LogP contribution is 2.28. The maximum Gasteiger partial charge on any atom is 0.253 e. The van der Waals surface area contributed by atoms with Crippen LogP contribution in [0.4, 0.5) is 0 Å². The average Bonchev–Trinajstić information content (AvgIpc) is 2.64. The molecule has 3 aromatic rings. The van der Waals surface area contributed by atoms with Crippen LogP contribution in [0.5, 0.6) is 5.75 Å². The second-order valence-corrected chi connectivity index (χ2v) is 7.63. The van der Waals surface area contributed by atoms with Gasteiger partial charge in [-0.3, -0.25) is 9.00 Å². The SMILES string of the molecule is Cc1cc(-c2cc(OCc3ccccc3)cc(S(C)=O)c2)cn(C)c1=O. The first-order valence-electron chi connectivity index (χ1n) is 8.27. The van der Waals surface area contributed by atoms with Crippen LogP contribution >= 0.6 is 0 Å². The van der Waals surface area contributed by atoms with Gasteiger partial charge in [-0.15, -0.1) is 0 Å². The second-order valence-electron chi connectivity index (χ2n) is 6.25. The van der Waals surface area contributed by atoms with Crippen molar-refractivity contribution < 1.29 is 8.95 Å². The van der Waals surface area contributed by atoms with Crippen molar-refractivity contribution in [1.82, 2.24) is 4.57 Å². The summed E-state index contributed by atoms with van der Waals surface area (Å²) >= 11 is 0. The third kappa shape index (κ3) is 4.11. The molecule has 0 fully saturated rings. The van der Waals surface area contributed by atoms with E-state index in [1.807, 2.05) is 48.5 Å². The molecule has 1 aromatic heterocycles. The van der Waals surface area contributed by atoms with Crippen molar-refractivity contribution in [2.24, 2.45) is 7.05 Å². The van der Waals surface area contributed by atoms with Gasteiger partial charge in [0, 0.05) is 40.8 Å². The zero-order valence-electron chi connectivity index (χ0n) is 15.1. The summed E-state index contributed by atoms with van der Waals surface area (Å²) in [6.45, 7) is 2.23. The van der Waals surface area contributed by atoms with Gasteiger partial charge in [0.25, 0.3) is 5.56 Å². The summed E-state index contributed by atoms with van der Waals surface area (Å²) in [5, 5.41) is 0. The summed E-state index contributed by atoms with van der Waals surface area (Å²) in [5.41, 5.74) is 3.47. The zero-order chi connectivity index (χ0) is 18.7. The van der Waals surface area contributed by atoms with Gasteiger partial charge in [0.15, 0.2) is 0 Å². The molecule has 0 bridgehead atoms. The largest absolute Gasteiger partial charge is 0.489 e. The maximum atomic E-state index is 12.0. The minimum absolute atomic E-state index is 0.0236. The van der Waals surface area contributed by atoms with E-state index < -0.39 is 10.8 Å². The van der Waals surface area contributed by atoms with Gasteiger partial charge in [-0.25, -0.2) is 0 Å². The van der Waals surface area contributed by atoms with Crippen LogP contribution in [0, 0.1) is 6.92 Å². The molecule has 4 nitrogen and oxygen atoms in total. The van der Waals surface area contributed by atoms with Crippen molar-refractivity contribution in [2.45, 2.75) is 18.4 Å². The lowest BCUT2D eigenvalue weighted by Gasteiger charge is -2.12. The lowest BCUT2D eigenvalue weighted by Crippen LogP contribution is -2.18. The van der Waals surface area contributed by atoms with Gasteiger partial charge in [-0.2, -0.15) is 0 Å². The fourth-order valence-corrected chi connectivity index (χ4v) is 3.34. The molecule has 1 atom stereocenters. The number of rotatable bonds is 5. The van der Waals surface area contributed by atoms with Crippen molar-refractivity contribution in [3.63, 3.8) is 0 Å². The van der Waals surface area contributed by atoms with E-state index in [-0.39, 0.29) is 5.56 Å². The van der Waals surface area contributed by atoms with E-state index in [2.05, 4.69) is 0 Å². The zero-order valence-corrected chi connectivity index (χ0v) is 15.9. The van der Waals surface area contributed by atoms with Gasteiger partial charge in [0.05, 0.1) is 0 Å². The Kier molecular flexibility index (Phi) is 5.38. The van der Waals surface area contributed by atoms with Gasteiger partial charge < -0.3 is 9.30 Å². The Balaban J connectivity index is 1.99. The third-order valence-electron chi connectivity index (χ3n) is 4.16. The Morgan fingerprint density at radius 3 is 2.42 bits per heavy atom. The van der Waals surface area contributed by atoms with E-state index in [4.69, 9.17) is 4.74 Å². The average molecular weight is 367 g/mol. The molecule has 3 rings (SSSR count). The molecule has 26 heavy (non-hydrogen) atoms. The predicted octanol–water partition coefficient (Wildman–Crippen LogP) is 3.68. The smallest absolute Gasteiger partial charge is 0.253 e. The summed E-state index contributed by atoms with van der Waals surface area (Å²) < 4.78 is 19.5. The molecule has 0 N–H and O–H groups in total. The number of aryl methyl sites for hydroxylation is 2. The topological polar surface area (TPSA) is 48.3 Å². The van der Waals surface area contributed by atoms with Crippen LogP contribution in [0.15, 0.2) is 70.5 Å². The molecule has 0 amide bonds. The summed E-state index contributed by atoms with van der Waals surface area (Å²) in [5.74, 6) is 0.656. The van der Waals surface area contributed by atoms with Gasteiger partial charge in [0.2, 0.25) is 0 Å². The fraction of sp³-hybridized carbons (Fsp3) is 0.190. The van der Waals surface area contributed by atoms with Crippen LogP contribution in [0.25, 0.3) is 11.1 Å². The molecule has 0 aliphatic heterocycles. The number of pyridine rings is 1. The van der Waals surface area contributed by atoms with Crippen molar-refractivity contribution in [3.8, 4) is 16.9 Å². The highest BCUT2D eigenvalue weighted by molar-refractivity contribution is 7.84. The molecule has 134 valence electrons. The monoisotopic (exact) mass is 367 g/mol. The van der Waals surface area contributed by atoms with Crippen LogP contribution in [0.1, 0.15) is 11.1 Å². The molecule has 1 heterocycles. The maximum absolute atomic E-state index is 12.0. The molecule has 1 unspecified atom stereocenters. The molecule has 0 aliphatic carbocycles. The molecule has 0 saturated carbocycles. The first-order valence-corrected chi connectivity index (χ1v) is 9.83. The lowest BCUT2D eigenvalue weighted by atomic mass is 10.1. The molecule has 0 saturated heterocycles. The fourth-order valence-electron chi connectivity index (χ4n) is 2.76. The number of hydrogen-bond acceptors (Lipinski definition) is 3. The van der Waals surface area contributed by atoms with Gasteiger partial charge in [0.1, 0.15) is 12.4 Å². The standard InChI is InChI=1S/C21H21NO3S/c1-15-9-18(13-22(2)21(15)23)17-10-19(12-20(11-17)26(3)24)25-14-16-7-5-4-6-8-16/h4-13H,14H2,1-3H3. The highest BCUT2D eigenvalue weighted by Gasteiger charge is 2.09. The molecule has 0 aliphatic rings. The van der Waals surface area contributed by atoms with E-state index in [0.717, 1.165) is 16.7 Å². The van der Waals surface area contributed by atoms with Crippen molar-refractivity contribution in [3.05, 3.63) is 82.3 Å². The van der Waals surface area contributed by atoms with E-state index in [1.165, 1.54) is 0 Å². The normalized spacial score (nSPS) is 12.0. The van der Waals surface area contributed by atoms with Crippen LogP contribution in [0.3, 0.4) is 0 Å². The predicted molar refractivity (Wildman–Crippen MR) is 105 cm³/mol. The number of nitrogens with zero attached hydrogens (tertiary/aromatic N) is 1. The number of hydrogen-bond donors (Lipinski definition) is 0. The number of aromatic nitrogens is 1. The Morgan fingerprint density at radius 1 is 1.04 bits per heavy atom. The summed E-state index contributed by atoms with van der Waals surface area (Å²) in [6, 6.07) is 17.3. The molecular weight excluding hydrogens is 346 g/mol. The van der Waals surface area contributed by atoms with Gasteiger partial charge >= 0.3 is 0 Å². The highest BCUT2D eigenvalue weighted by atomic mass is 32.2. The molecule has 2 aromatic carbocycles. The minimum atomic E-state index is -1.13. The van der Waals surface area contributed by atoms with Crippen LogP contribution < -0.4 is 10.3 Å². The molecular formula is C21H21NO3S. The number of ether oxygens (including phenoxy) is 1. The second kappa shape index (κ2) is 7.70. The lowest BCUT2D eigenvalue weighted by molar-refractivity contribution is 0.305. The molecule has 0 radical (unpaired) electrons. The first-order chi connectivity index (χ1) is 12.4. The van der Waals surface area contributed by atoms with Crippen LogP contribution in [-0.4, -0.2) is 15.0 Å². The summed E-state index contributed by atoms with van der Waals surface area (Å²) in [6.07, 6.45) is 3.43. The third-order valence-corrected chi connectivity index (χ3v) is 5.06. The molecule has 5 heteroatoms. The van der Waals surface area contributed by atoms with Crippen molar-refractivity contribution >= 4 is 10.8 Å². The van der Waals surface area contributed by atoms with Crippen LogP contribution in [-0.2, 0) is 24.5 Å². The summed E-state index contributed by atoms with van der Waals surface area (Å²) in [7, 11) is 0.595. The Labute approximate surface area is 155 Å². The van der Waals surface area contributed by atoms with Crippen molar-refractivity contribution in [1.29, 1.82) is 0 Å². The summed E-state index contributed by atoms with van der Waals surface area (Å²) in [4.78, 5) is 12.6. The van der Waals surface area contributed by atoms with E-state index in [9.17, 15) is 9.00 Å². The Morgan fingerprint density at radius 2 is 1.77 bits per heavy atom. The van der Waals surface area contributed by atoms with E-state index in [1.54, 1.807) is 37.1 Å². The van der Waals surface area contributed by atoms with E-state index in [0.29, 0.717) is 22.8 Å². The van der Waals surface area contributed by atoms with Gasteiger partial charge in [-0.1, -0.05) is 30.3 Å². The number of benzene rings is 2. The molecule has 0 spiro atoms. The van der Waals surface area contributed by atoms with Gasteiger partial charge in [-0.05, 0) is 47.9 Å². The minimum Gasteiger partial charge on any atom is -0.489 e. The quantitative estimate of drug-likeness (QED) is 0.691. The van der Waals surface area contributed by atoms with E-state index >= 15 is 0 Å². The first kappa shape index (κ1) is 18.1. The Bertz CT molecular complexity index is 983.